The van der Waals surface area contributed by atoms with Crippen molar-refractivity contribution in [2.45, 2.75) is 13.5 Å². The molecule has 4 nitrogen and oxygen atoms in total. The van der Waals surface area contributed by atoms with Crippen LogP contribution in [0.5, 0.6) is 0 Å². The monoisotopic (exact) mass is 154 g/mol. The molecule has 0 aromatic carbocycles. The first kappa shape index (κ1) is 7.94. The zero-order valence-corrected chi connectivity index (χ0v) is 6.41. The zero-order valence-electron chi connectivity index (χ0n) is 6.41. The predicted molar refractivity (Wildman–Crippen MR) is 39.7 cm³/mol. The van der Waals surface area contributed by atoms with Crippen LogP contribution in [0.4, 0.5) is 0 Å². The van der Waals surface area contributed by atoms with E-state index >= 15 is 0 Å². The summed E-state index contributed by atoms with van der Waals surface area (Å²) in [6, 6.07) is 0. The highest BCUT2D eigenvalue weighted by Gasteiger charge is 2.00. The van der Waals surface area contributed by atoms with E-state index in [9.17, 15) is 0 Å². The van der Waals surface area contributed by atoms with E-state index in [2.05, 4.69) is 16.7 Å². The second-order valence-corrected chi connectivity index (χ2v) is 1.89. The van der Waals surface area contributed by atoms with E-state index in [0.29, 0.717) is 24.9 Å². The van der Waals surface area contributed by atoms with Gasteiger partial charge in [-0.15, -0.1) is 0 Å². The number of nitrogens with zero attached hydrogens (tertiary/aromatic N) is 2. The summed E-state index contributed by atoms with van der Waals surface area (Å²) in [5.41, 5.74) is 0. The van der Waals surface area contributed by atoms with E-state index in [1.165, 1.54) is 6.08 Å². The van der Waals surface area contributed by atoms with Crippen molar-refractivity contribution in [3.05, 3.63) is 18.3 Å². The molecule has 0 unspecified atom stereocenters. The molecule has 0 spiro atoms. The van der Waals surface area contributed by atoms with Gasteiger partial charge in [-0.3, -0.25) is 0 Å². The van der Waals surface area contributed by atoms with Crippen LogP contribution in [0.25, 0.3) is 6.08 Å². The smallest absolute Gasteiger partial charge is 0.250 e. The highest BCUT2D eigenvalue weighted by Crippen LogP contribution is 1.99. The molecule has 0 fully saturated rings. The van der Waals surface area contributed by atoms with Crippen molar-refractivity contribution in [3.8, 4) is 0 Å². The molecule has 1 rings (SSSR count). The van der Waals surface area contributed by atoms with E-state index in [4.69, 9.17) is 9.26 Å². The summed E-state index contributed by atoms with van der Waals surface area (Å²) in [6.07, 6.45) is 1.50. The second kappa shape index (κ2) is 3.88. The van der Waals surface area contributed by atoms with Crippen LogP contribution in [-0.2, 0) is 11.3 Å². The molecule has 0 bridgehead atoms. The average Bonchev–Trinajstić information content (AvgIpc) is 2.48. The number of hydrogen-bond acceptors (Lipinski definition) is 4. The Morgan fingerprint density at radius 3 is 3.09 bits per heavy atom. The van der Waals surface area contributed by atoms with Gasteiger partial charge in [-0.25, -0.2) is 0 Å². The Kier molecular flexibility index (Phi) is 2.80. The van der Waals surface area contributed by atoms with Gasteiger partial charge in [0.15, 0.2) is 5.82 Å². The highest BCUT2D eigenvalue weighted by atomic mass is 16.5. The molecular formula is C7H10N2O2. The van der Waals surface area contributed by atoms with E-state index in [0.717, 1.165) is 0 Å². The molecule has 1 aromatic rings. The summed E-state index contributed by atoms with van der Waals surface area (Å²) in [5.74, 6) is 0.987. The number of aromatic nitrogens is 2. The normalized spacial score (nSPS) is 9.91. The van der Waals surface area contributed by atoms with Crippen molar-refractivity contribution in [2.24, 2.45) is 0 Å². The van der Waals surface area contributed by atoms with Crippen LogP contribution in [0.15, 0.2) is 11.1 Å². The molecule has 4 heteroatoms. The van der Waals surface area contributed by atoms with Crippen molar-refractivity contribution in [1.82, 2.24) is 10.1 Å². The van der Waals surface area contributed by atoms with Crippen LogP contribution in [0.1, 0.15) is 18.6 Å². The molecular weight excluding hydrogens is 144 g/mol. The molecule has 0 saturated carbocycles. The fourth-order valence-corrected chi connectivity index (χ4v) is 0.602. The van der Waals surface area contributed by atoms with Crippen LogP contribution >= 0.6 is 0 Å². The average molecular weight is 154 g/mol. The van der Waals surface area contributed by atoms with E-state index in [-0.39, 0.29) is 0 Å². The van der Waals surface area contributed by atoms with E-state index in [1.54, 1.807) is 0 Å². The fraction of sp³-hybridized carbons (Fsp3) is 0.429. The van der Waals surface area contributed by atoms with E-state index in [1.807, 2.05) is 6.92 Å². The number of hydrogen-bond donors (Lipinski definition) is 0. The molecule has 0 amide bonds. The quantitative estimate of drug-likeness (QED) is 0.654. The predicted octanol–water partition coefficient (Wildman–Crippen LogP) is 1.25. The summed E-state index contributed by atoms with van der Waals surface area (Å²) in [7, 11) is 0. The molecule has 0 aliphatic rings. The Balaban J connectivity index is 2.51. The number of rotatable bonds is 4. The third-order valence-electron chi connectivity index (χ3n) is 1.09. The maximum Gasteiger partial charge on any atom is 0.250 e. The molecule has 1 heterocycles. The first-order valence-electron chi connectivity index (χ1n) is 3.39. The lowest BCUT2D eigenvalue weighted by Crippen LogP contribution is -1.93. The van der Waals surface area contributed by atoms with Crippen molar-refractivity contribution in [1.29, 1.82) is 0 Å². The van der Waals surface area contributed by atoms with Gasteiger partial charge < -0.3 is 9.26 Å². The van der Waals surface area contributed by atoms with Crippen LogP contribution in [0.2, 0.25) is 0 Å². The third kappa shape index (κ3) is 2.16. The zero-order chi connectivity index (χ0) is 8.10. The Morgan fingerprint density at radius 2 is 2.55 bits per heavy atom. The van der Waals surface area contributed by atoms with Crippen LogP contribution in [0, 0.1) is 0 Å². The van der Waals surface area contributed by atoms with Gasteiger partial charge in [0.1, 0.15) is 6.61 Å². The summed E-state index contributed by atoms with van der Waals surface area (Å²) < 4.78 is 9.81. The minimum atomic E-state index is 0.397. The summed E-state index contributed by atoms with van der Waals surface area (Å²) >= 11 is 0. The van der Waals surface area contributed by atoms with Gasteiger partial charge in [0.2, 0.25) is 5.89 Å². The SMILES string of the molecule is C=Cc1nc(COCC)no1. The first-order valence-corrected chi connectivity index (χ1v) is 3.39. The minimum absolute atomic E-state index is 0.397. The van der Waals surface area contributed by atoms with Crippen molar-refractivity contribution >= 4 is 6.08 Å². The molecule has 0 N–H and O–H groups in total. The minimum Gasteiger partial charge on any atom is -0.374 e. The largest absolute Gasteiger partial charge is 0.374 e. The van der Waals surface area contributed by atoms with Crippen LogP contribution in [0.3, 0.4) is 0 Å². The molecule has 0 saturated heterocycles. The summed E-state index contributed by atoms with van der Waals surface area (Å²) in [4.78, 5) is 3.95. The Hall–Kier alpha value is -1.16. The van der Waals surface area contributed by atoms with Gasteiger partial charge in [-0.2, -0.15) is 4.98 Å². The molecule has 60 valence electrons. The molecule has 11 heavy (non-hydrogen) atoms. The van der Waals surface area contributed by atoms with Gasteiger partial charge in [-0.1, -0.05) is 11.7 Å². The maximum atomic E-state index is 5.06. The van der Waals surface area contributed by atoms with Crippen LogP contribution < -0.4 is 0 Å². The Bertz CT molecular complexity index is 232. The summed E-state index contributed by atoms with van der Waals surface area (Å²) in [5, 5.41) is 3.64. The van der Waals surface area contributed by atoms with Gasteiger partial charge in [0, 0.05) is 6.61 Å². The van der Waals surface area contributed by atoms with Crippen molar-refractivity contribution < 1.29 is 9.26 Å². The van der Waals surface area contributed by atoms with Gasteiger partial charge in [0.05, 0.1) is 0 Å². The lowest BCUT2D eigenvalue weighted by atomic mass is 10.6. The Morgan fingerprint density at radius 1 is 1.73 bits per heavy atom. The van der Waals surface area contributed by atoms with Gasteiger partial charge in [0.25, 0.3) is 0 Å². The lowest BCUT2D eigenvalue weighted by Gasteiger charge is -1.91. The number of ether oxygens (including phenoxy) is 1. The van der Waals surface area contributed by atoms with Gasteiger partial charge >= 0.3 is 0 Å². The van der Waals surface area contributed by atoms with Crippen molar-refractivity contribution in [2.75, 3.05) is 6.61 Å². The fourth-order valence-electron chi connectivity index (χ4n) is 0.602. The summed E-state index contributed by atoms with van der Waals surface area (Å²) in [6.45, 7) is 6.45. The third-order valence-corrected chi connectivity index (χ3v) is 1.09. The van der Waals surface area contributed by atoms with Gasteiger partial charge in [-0.05, 0) is 13.0 Å². The maximum absolute atomic E-state index is 5.06. The first-order chi connectivity index (χ1) is 5.36. The molecule has 1 aromatic heterocycles. The standard InChI is InChI=1S/C7H10N2O2/c1-3-7-8-6(9-11-7)5-10-4-2/h3H,1,4-5H2,2H3. The topological polar surface area (TPSA) is 48.2 Å². The lowest BCUT2D eigenvalue weighted by molar-refractivity contribution is 0.126. The van der Waals surface area contributed by atoms with Crippen LogP contribution in [-0.4, -0.2) is 16.7 Å². The molecule has 0 aliphatic carbocycles. The van der Waals surface area contributed by atoms with Crippen molar-refractivity contribution in [3.63, 3.8) is 0 Å². The Labute approximate surface area is 64.9 Å². The second-order valence-electron chi connectivity index (χ2n) is 1.89. The molecule has 0 atom stereocenters. The van der Waals surface area contributed by atoms with E-state index < -0.39 is 0 Å². The highest BCUT2D eigenvalue weighted by molar-refractivity contribution is 5.32. The molecule has 0 aliphatic heterocycles. The molecule has 0 radical (unpaired) electrons.